The number of rotatable bonds is 6. The second-order valence-corrected chi connectivity index (χ2v) is 9.13. The third kappa shape index (κ3) is 4.18. The molecule has 2 atom stereocenters. The van der Waals surface area contributed by atoms with Crippen LogP contribution in [0.1, 0.15) is 11.5 Å². The number of para-hydroxylation sites is 1. The molecule has 29 heavy (non-hydrogen) atoms. The van der Waals surface area contributed by atoms with Gasteiger partial charge in [-0.2, -0.15) is 4.31 Å². The van der Waals surface area contributed by atoms with E-state index in [4.69, 9.17) is 4.74 Å². The molecule has 0 saturated carbocycles. The highest BCUT2D eigenvalue weighted by Gasteiger charge is 2.41. The molecule has 152 valence electrons. The van der Waals surface area contributed by atoms with Crippen LogP contribution >= 0.6 is 0 Å². The van der Waals surface area contributed by atoms with Crippen LogP contribution < -0.4 is 4.74 Å². The summed E-state index contributed by atoms with van der Waals surface area (Å²) in [5, 5.41) is 0.0301. The molecule has 4 rings (SSSR count). The van der Waals surface area contributed by atoms with Crippen molar-refractivity contribution >= 4 is 10.0 Å². The number of nitrogens with zero attached hydrogens (tertiary/aromatic N) is 3. The number of benzene rings is 2. The lowest BCUT2D eigenvalue weighted by Crippen LogP contribution is -2.30. The maximum Gasteiger partial charge on any atom is 0.262 e. The van der Waals surface area contributed by atoms with Crippen LogP contribution in [0.25, 0.3) is 0 Å². The van der Waals surface area contributed by atoms with Gasteiger partial charge in [0.25, 0.3) is 10.0 Å². The van der Waals surface area contributed by atoms with E-state index in [1.54, 1.807) is 23.7 Å². The van der Waals surface area contributed by atoms with E-state index < -0.39 is 10.0 Å². The second kappa shape index (κ2) is 7.96. The molecule has 0 bridgehead atoms. The van der Waals surface area contributed by atoms with Gasteiger partial charge in [0, 0.05) is 38.2 Å². The largest absolute Gasteiger partial charge is 0.493 e. The average Bonchev–Trinajstić information content (AvgIpc) is 3.35. The van der Waals surface area contributed by atoms with Gasteiger partial charge in [-0.05, 0) is 29.8 Å². The number of sulfonamides is 1. The number of ether oxygens (including phenoxy) is 1. The second-order valence-electron chi connectivity index (χ2n) is 7.24. The predicted octanol–water partition coefficient (Wildman–Crippen LogP) is 3.04. The highest BCUT2D eigenvalue weighted by atomic mass is 32.2. The molecule has 3 aromatic rings. The molecule has 0 aliphatic carbocycles. The zero-order chi connectivity index (χ0) is 20.4. The summed E-state index contributed by atoms with van der Waals surface area (Å²) in [7, 11) is -1.98. The molecule has 0 spiro atoms. The van der Waals surface area contributed by atoms with Gasteiger partial charge >= 0.3 is 0 Å². The van der Waals surface area contributed by atoms with Crippen molar-refractivity contribution < 1.29 is 17.5 Å². The lowest BCUT2D eigenvalue weighted by atomic mass is 9.89. The maximum absolute atomic E-state index is 13.4. The summed E-state index contributed by atoms with van der Waals surface area (Å²) in [5.74, 6) is 0.245. The summed E-state index contributed by atoms with van der Waals surface area (Å²) in [6, 6.07) is 15.7. The summed E-state index contributed by atoms with van der Waals surface area (Å²) in [6.45, 7) is 0.974. The third-order valence-electron chi connectivity index (χ3n) is 5.20. The number of aromatic nitrogens is 2. The zero-order valence-corrected chi connectivity index (χ0v) is 16.8. The first-order valence-electron chi connectivity index (χ1n) is 9.35. The Balaban J connectivity index is 1.59. The van der Waals surface area contributed by atoms with Gasteiger partial charge in [-0.15, -0.1) is 0 Å². The molecule has 1 aliphatic heterocycles. The summed E-state index contributed by atoms with van der Waals surface area (Å²) >= 11 is 0. The van der Waals surface area contributed by atoms with Crippen LogP contribution in [0.3, 0.4) is 0 Å². The Kier molecular flexibility index (Phi) is 5.38. The Morgan fingerprint density at radius 1 is 1.10 bits per heavy atom. The summed E-state index contributed by atoms with van der Waals surface area (Å²) < 4.78 is 48.5. The first kappa shape index (κ1) is 19.6. The molecule has 1 fully saturated rings. The quantitative estimate of drug-likeness (QED) is 0.621. The van der Waals surface area contributed by atoms with E-state index in [0.717, 1.165) is 11.3 Å². The normalized spacial score (nSPS) is 20.1. The minimum Gasteiger partial charge on any atom is -0.493 e. The smallest absolute Gasteiger partial charge is 0.262 e. The monoisotopic (exact) mass is 415 g/mol. The van der Waals surface area contributed by atoms with Gasteiger partial charge in [0.15, 0.2) is 5.03 Å². The lowest BCUT2D eigenvalue weighted by Gasteiger charge is -2.19. The summed E-state index contributed by atoms with van der Waals surface area (Å²) in [6.07, 6.45) is 2.96. The van der Waals surface area contributed by atoms with E-state index in [1.165, 1.54) is 29.0 Å². The Morgan fingerprint density at radius 2 is 1.83 bits per heavy atom. The van der Waals surface area contributed by atoms with Gasteiger partial charge in [-0.3, -0.25) is 0 Å². The first-order chi connectivity index (χ1) is 13.9. The van der Waals surface area contributed by atoms with Crippen LogP contribution in [0.5, 0.6) is 5.75 Å². The molecule has 0 N–H and O–H groups in total. The Morgan fingerprint density at radius 3 is 2.48 bits per heavy atom. The summed E-state index contributed by atoms with van der Waals surface area (Å²) in [5.41, 5.74) is 0.895. The standard InChI is InChI=1S/C21H22FN3O3S/c1-24-13-21(23-15-24)29(26,27)25-11-17(14-28-19-5-3-2-4-6-19)20(12-25)16-7-9-18(22)10-8-16/h2-10,13,15,17,20H,11-12,14H2,1H3/t17-,20-/m0/s1. The average molecular weight is 415 g/mol. The number of hydrogen-bond donors (Lipinski definition) is 0. The SMILES string of the molecule is Cn1cnc(S(=O)(=O)N2C[C@@H](COc3ccccc3)[C@H](c3ccc(F)cc3)C2)c1. The van der Waals surface area contributed by atoms with Gasteiger partial charge < -0.3 is 9.30 Å². The minimum absolute atomic E-state index is 0.0301. The fourth-order valence-electron chi connectivity index (χ4n) is 3.66. The molecule has 1 aliphatic rings. The molecular weight excluding hydrogens is 393 g/mol. The molecule has 0 amide bonds. The Hall–Kier alpha value is -2.71. The van der Waals surface area contributed by atoms with Gasteiger partial charge in [-0.25, -0.2) is 17.8 Å². The highest BCUT2D eigenvalue weighted by molar-refractivity contribution is 7.89. The van der Waals surface area contributed by atoms with Gasteiger partial charge in [0.2, 0.25) is 0 Å². The van der Waals surface area contributed by atoms with Gasteiger partial charge in [0.1, 0.15) is 11.6 Å². The topological polar surface area (TPSA) is 64.4 Å². The number of halogens is 1. The molecule has 6 nitrogen and oxygen atoms in total. The summed E-state index contributed by atoms with van der Waals surface area (Å²) in [4.78, 5) is 4.01. The van der Waals surface area contributed by atoms with E-state index in [-0.39, 0.29) is 22.7 Å². The molecule has 1 aromatic heterocycles. The van der Waals surface area contributed by atoms with E-state index in [0.29, 0.717) is 19.7 Å². The van der Waals surface area contributed by atoms with Crippen molar-refractivity contribution in [2.75, 3.05) is 19.7 Å². The molecule has 0 radical (unpaired) electrons. The van der Waals surface area contributed by atoms with Crippen molar-refractivity contribution in [3.8, 4) is 5.75 Å². The molecule has 2 aromatic carbocycles. The van der Waals surface area contributed by atoms with Gasteiger partial charge in [0.05, 0.1) is 12.9 Å². The van der Waals surface area contributed by atoms with Crippen molar-refractivity contribution in [1.29, 1.82) is 0 Å². The van der Waals surface area contributed by atoms with Crippen LogP contribution in [-0.4, -0.2) is 42.0 Å². The van der Waals surface area contributed by atoms with E-state index in [2.05, 4.69) is 4.98 Å². The Bertz CT molecular complexity index is 1070. The van der Waals surface area contributed by atoms with E-state index in [9.17, 15) is 12.8 Å². The molecule has 2 heterocycles. The van der Waals surface area contributed by atoms with Crippen LogP contribution in [0.2, 0.25) is 0 Å². The zero-order valence-electron chi connectivity index (χ0n) is 16.0. The molecular formula is C21H22FN3O3S. The van der Waals surface area contributed by atoms with Crippen molar-refractivity contribution in [3.05, 3.63) is 78.5 Å². The van der Waals surface area contributed by atoms with Crippen molar-refractivity contribution in [2.24, 2.45) is 13.0 Å². The van der Waals surface area contributed by atoms with Gasteiger partial charge in [-0.1, -0.05) is 30.3 Å². The van der Waals surface area contributed by atoms with E-state index >= 15 is 0 Å². The van der Waals surface area contributed by atoms with Crippen LogP contribution in [0, 0.1) is 11.7 Å². The number of imidazole rings is 1. The molecule has 0 unspecified atom stereocenters. The fourth-order valence-corrected chi connectivity index (χ4v) is 5.15. The number of hydrogen-bond acceptors (Lipinski definition) is 4. The number of aryl methyl sites for hydroxylation is 1. The lowest BCUT2D eigenvalue weighted by molar-refractivity contribution is 0.244. The van der Waals surface area contributed by atoms with Crippen LogP contribution in [0.4, 0.5) is 4.39 Å². The fraction of sp³-hybridized carbons (Fsp3) is 0.286. The predicted molar refractivity (Wildman–Crippen MR) is 107 cm³/mol. The minimum atomic E-state index is -3.71. The highest BCUT2D eigenvalue weighted by Crippen LogP contribution is 2.36. The van der Waals surface area contributed by atoms with Crippen LogP contribution in [-0.2, 0) is 17.1 Å². The Labute approximate surface area is 169 Å². The molecule has 1 saturated heterocycles. The van der Waals surface area contributed by atoms with Crippen molar-refractivity contribution in [1.82, 2.24) is 13.9 Å². The van der Waals surface area contributed by atoms with Crippen LogP contribution in [0.15, 0.2) is 72.1 Å². The van der Waals surface area contributed by atoms with Crippen molar-refractivity contribution in [2.45, 2.75) is 10.9 Å². The first-order valence-corrected chi connectivity index (χ1v) is 10.8. The third-order valence-corrected chi connectivity index (χ3v) is 6.92. The van der Waals surface area contributed by atoms with E-state index in [1.807, 2.05) is 30.3 Å². The maximum atomic E-state index is 13.4. The van der Waals surface area contributed by atoms with Crippen molar-refractivity contribution in [3.63, 3.8) is 0 Å². The molecule has 8 heteroatoms.